The average molecular weight is 262 g/mol. The molecule has 5 nitrogen and oxygen atoms in total. The van der Waals surface area contributed by atoms with E-state index in [9.17, 15) is 9.59 Å². The highest BCUT2D eigenvalue weighted by Crippen LogP contribution is 2.16. The van der Waals surface area contributed by atoms with Gasteiger partial charge in [-0.05, 0) is 5.56 Å². The Kier molecular flexibility index (Phi) is 4.52. The second-order valence-corrected chi connectivity index (χ2v) is 4.59. The van der Waals surface area contributed by atoms with Gasteiger partial charge in [0.2, 0.25) is 5.91 Å². The second-order valence-electron chi connectivity index (χ2n) is 4.59. The van der Waals surface area contributed by atoms with Gasteiger partial charge in [0.25, 0.3) is 0 Å². The quantitative estimate of drug-likeness (QED) is 0.748. The first-order valence-corrected chi connectivity index (χ1v) is 6.33. The van der Waals surface area contributed by atoms with Crippen LogP contribution in [0.15, 0.2) is 30.3 Å². The number of ether oxygens (including phenoxy) is 1. The molecule has 5 heteroatoms. The van der Waals surface area contributed by atoms with Crippen LogP contribution in [-0.4, -0.2) is 38.6 Å². The number of esters is 1. The fourth-order valence-electron chi connectivity index (χ4n) is 1.99. The fourth-order valence-corrected chi connectivity index (χ4v) is 1.99. The molecule has 1 heterocycles. The first-order valence-electron chi connectivity index (χ1n) is 6.33. The Morgan fingerprint density at radius 1 is 1.37 bits per heavy atom. The minimum atomic E-state index is -0.455. The lowest BCUT2D eigenvalue weighted by atomic mass is 9.98. The van der Waals surface area contributed by atoms with Crippen molar-refractivity contribution >= 4 is 11.9 Å². The Morgan fingerprint density at radius 2 is 2.05 bits per heavy atom. The maximum Gasteiger partial charge on any atom is 0.314 e. The van der Waals surface area contributed by atoms with Gasteiger partial charge in [0.05, 0.1) is 18.9 Å². The number of hydrogen-bond acceptors (Lipinski definition) is 4. The third-order valence-corrected chi connectivity index (χ3v) is 3.32. The predicted octanol–water partition coefficient (Wildman–Crippen LogP) is 0.279. The van der Waals surface area contributed by atoms with Gasteiger partial charge >= 0.3 is 5.97 Å². The molecule has 2 N–H and O–H groups in total. The molecule has 1 amide bonds. The van der Waals surface area contributed by atoms with E-state index < -0.39 is 5.92 Å². The van der Waals surface area contributed by atoms with E-state index in [0.717, 1.165) is 5.56 Å². The van der Waals surface area contributed by atoms with Crippen molar-refractivity contribution in [3.8, 4) is 0 Å². The zero-order valence-electron chi connectivity index (χ0n) is 10.9. The summed E-state index contributed by atoms with van der Waals surface area (Å²) in [6.07, 6.45) is 0. The summed E-state index contributed by atoms with van der Waals surface area (Å²) < 4.78 is 4.80. The van der Waals surface area contributed by atoms with Crippen LogP contribution in [0.3, 0.4) is 0 Å². The lowest BCUT2D eigenvalue weighted by molar-refractivity contribution is -0.142. The molecule has 1 fully saturated rings. The molecule has 1 aliphatic rings. The summed E-state index contributed by atoms with van der Waals surface area (Å²) in [6, 6.07) is 9.33. The van der Waals surface area contributed by atoms with Gasteiger partial charge in [-0.1, -0.05) is 30.3 Å². The molecule has 0 bridgehead atoms. The highest BCUT2D eigenvalue weighted by atomic mass is 16.5. The van der Waals surface area contributed by atoms with Crippen LogP contribution in [0, 0.1) is 5.92 Å². The third-order valence-electron chi connectivity index (χ3n) is 3.32. The Balaban J connectivity index is 1.98. The summed E-state index contributed by atoms with van der Waals surface area (Å²) in [4.78, 5) is 23.6. The Bertz CT molecular complexity index is 443. The standard InChI is InChI=1S/C14H18N2O3/c1-19-14(18)12(10-5-3-2-4-6-10)9-16-13(17)11-7-15-8-11/h2-6,11-12,15H,7-9H2,1H3,(H,16,17). The van der Waals surface area contributed by atoms with Crippen LogP contribution in [-0.2, 0) is 14.3 Å². The topological polar surface area (TPSA) is 67.4 Å². The molecule has 1 aromatic carbocycles. The zero-order chi connectivity index (χ0) is 13.7. The zero-order valence-corrected chi connectivity index (χ0v) is 10.9. The molecule has 1 saturated heterocycles. The second kappa shape index (κ2) is 6.33. The summed E-state index contributed by atoms with van der Waals surface area (Å²) >= 11 is 0. The minimum Gasteiger partial charge on any atom is -0.468 e. The van der Waals surface area contributed by atoms with Gasteiger partial charge in [0, 0.05) is 19.6 Å². The number of rotatable bonds is 5. The van der Waals surface area contributed by atoms with Gasteiger partial charge in [-0.15, -0.1) is 0 Å². The summed E-state index contributed by atoms with van der Waals surface area (Å²) in [5.41, 5.74) is 0.849. The number of hydrogen-bond donors (Lipinski definition) is 2. The van der Waals surface area contributed by atoms with Crippen LogP contribution < -0.4 is 10.6 Å². The van der Waals surface area contributed by atoms with Gasteiger partial charge in [0.15, 0.2) is 0 Å². The number of amides is 1. The number of benzene rings is 1. The molecule has 0 saturated carbocycles. The molecular formula is C14H18N2O3. The minimum absolute atomic E-state index is 0.0106. The number of carbonyl (C=O) groups is 2. The molecule has 1 atom stereocenters. The average Bonchev–Trinajstić information content (AvgIpc) is 2.37. The van der Waals surface area contributed by atoms with E-state index in [1.807, 2.05) is 30.3 Å². The maximum absolute atomic E-state index is 11.8. The smallest absolute Gasteiger partial charge is 0.314 e. The maximum atomic E-state index is 11.8. The summed E-state index contributed by atoms with van der Waals surface area (Å²) in [7, 11) is 1.36. The Hall–Kier alpha value is -1.88. The number of carbonyl (C=O) groups excluding carboxylic acids is 2. The fraction of sp³-hybridized carbons (Fsp3) is 0.429. The van der Waals surface area contributed by atoms with Gasteiger partial charge < -0.3 is 15.4 Å². The molecule has 0 aromatic heterocycles. The van der Waals surface area contributed by atoms with E-state index in [4.69, 9.17) is 4.74 Å². The first kappa shape index (κ1) is 13.5. The third kappa shape index (κ3) is 3.32. The predicted molar refractivity (Wildman–Crippen MR) is 70.6 cm³/mol. The van der Waals surface area contributed by atoms with E-state index in [1.165, 1.54) is 7.11 Å². The van der Waals surface area contributed by atoms with E-state index in [2.05, 4.69) is 10.6 Å². The highest BCUT2D eigenvalue weighted by molar-refractivity contribution is 5.82. The Morgan fingerprint density at radius 3 is 2.58 bits per heavy atom. The molecular weight excluding hydrogens is 244 g/mol. The molecule has 0 radical (unpaired) electrons. The molecule has 0 spiro atoms. The highest BCUT2D eigenvalue weighted by Gasteiger charge is 2.27. The van der Waals surface area contributed by atoms with E-state index in [0.29, 0.717) is 13.1 Å². The molecule has 0 aliphatic carbocycles. The largest absolute Gasteiger partial charge is 0.468 e. The number of nitrogens with one attached hydrogen (secondary N) is 2. The number of methoxy groups -OCH3 is 1. The summed E-state index contributed by atoms with van der Waals surface area (Å²) in [6.45, 7) is 1.69. The van der Waals surface area contributed by atoms with Gasteiger partial charge in [0.1, 0.15) is 0 Å². The van der Waals surface area contributed by atoms with Crippen LogP contribution in [0.4, 0.5) is 0 Å². The normalized spacial score (nSPS) is 16.3. The molecule has 1 aromatic rings. The van der Waals surface area contributed by atoms with Crippen molar-refractivity contribution in [2.24, 2.45) is 5.92 Å². The van der Waals surface area contributed by atoms with E-state index >= 15 is 0 Å². The van der Waals surface area contributed by atoms with Gasteiger partial charge in [-0.2, -0.15) is 0 Å². The van der Waals surface area contributed by atoms with E-state index in [1.54, 1.807) is 0 Å². The van der Waals surface area contributed by atoms with Crippen molar-refractivity contribution in [3.05, 3.63) is 35.9 Å². The van der Waals surface area contributed by atoms with Crippen molar-refractivity contribution in [2.75, 3.05) is 26.7 Å². The van der Waals surface area contributed by atoms with Crippen molar-refractivity contribution in [3.63, 3.8) is 0 Å². The van der Waals surface area contributed by atoms with Gasteiger partial charge in [-0.25, -0.2) is 0 Å². The first-order chi connectivity index (χ1) is 9.22. The van der Waals surface area contributed by atoms with E-state index in [-0.39, 0.29) is 24.3 Å². The van der Waals surface area contributed by atoms with Crippen molar-refractivity contribution in [1.82, 2.24) is 10.6 Å². The summed E-state index contributed by atoms with van der Waals surface area (Å²) in [5.74, 6) is -0.779. The van der Waals surface area contributed by atoms with Crippen LogP contribution >= 0.6 is 0 Å². The van der Waals surface area contributed by atoms with Gasteiger partial charge in [-0.3, -0.25) is 9.59 Å². The molecule has 1 unspecified atom stereocenters. The summed E-state index contributed by atoms with van der Waals surface area (Å²) in [5, 5.41) is 5.86. The van der Waals surface area contributed by atoms with Crippen molar-refractivity contribution in [1.29, 1.82) is 0 Å². The lowest BCUT2D eigenvalue weighted by Crippen LogP contribution is -2.51. The SMILES string of the molecule is COC(=O)C(CNC(=O)C1CNC1)c1ccccc1. The molecule has 102 valence electrons. The molecule has 2 rings (SSSR count). The molecule has 1 aliphatic heterocycles. The Labute approximate surface area is 112 Å². The van der Waals surface area contributed by atoms with Crippen LogP contribution in [0.5, 0.6) is 0 Å². The van der Waals surface area contributed by atoms with Crippen molar-refractivity contribution in [2.45, 2.75) is 5.92 Å². The van der Waals surface area contributed by atoms with Crippen molar-refractivity contribution < 1.29 is 14.3 Å². The lowest BCUT2D eigenvalue weighted by Gasteiger charge is -2.26. The monoisotopic (exact) mass is 262 g/mol. The van der Waals surface area contributed by atoms with Crippen LogP contribution in [0.1, 0.15) is 11.5 Å². The van der Waals surface area contributed by atoms with Crippen LogP contribution in [0.25, 0.3) is 0 Å². The molecule has 19 heavy (non-hydrogen) atoms. The van der Waals surface area contributed by atoms with Crippen LogP contribution in [0.2, 0.25) is 0 Å².